The third-order valence-corrected chi connectivity index (χ3v) is 12.9. The maximum absolute atomic E-state index is 2.44. The quantitative estimate of drug-likeness (QED) is 0.166. The van der Waals surface area contributed by atoms with Gasteiger partial charge in [-0.25, -0.2) is 0 Å². The Morgan fingerprint density at radius 2 is 0.719 bits per heavy atom. The van der Waals surface area contributed by atoms with E-state index in [0.29, 0.717) is 0 Å². The molecule has 3 heteroatoms. The minimum Gasteiger partial charge on any atom is -0.309 e. The Morgan fingerprint density at radius 3 is 1.42 bits per heavy atom. The first-order valence-corrected chi connectivity index (χ1v) is 20.3. The molecule has 0 saturated carbocycles. The molecule has 57 heavy (non-hydrogen) atoms. The number of fused-ring (bicyclic) bond motifs is 9. The van der Waals surface area contributed by atoms with E-state index in [-0.39, 0.29) is 0 Å². The lowest BCUT2D eigenvalue weighted by Gasteiger charge is -2.11. The summed E-state index contributed by atoms with van der Waals surface area (Å²) in [5.41, 5.74) is 14.4. The highest BCUT2D eigenvalue weighted by atomic mass is 32.1. The fourth-order valence-corrected chi connectivity index (χ4v) is 10.1. The Labute approximate surface area is 333 Å². The maximum Gasteiger partial charge on any atom is 0.0547 e. The summed E-state index contributed by atoms with van der Waals surface area (Å²) < 4.78 is 7.51. The van der Waals surface area contributed by atoms with Crippen LogP contribution in [0, 0.1) is 0 Å². The number of thiophene rings is 1. The Kier molecular flexibility index (Phi) is 7.13. The molecule has 0 aliphatic heterocycles. The molecule has 0 atom stereocenters. The number of aromatic nitrogens is 2. The third-order valence-electron chi connectivity index (χ3n) is 11.7. The summed E-state index contributed by atoms with van der Waals surface area (Å²) in [6.07, 6.45) is 0. The fourth-order valence-electron chi connectivity index (χ4n) is 9.01. The smallest absolute Gasteiger partial charge is 0.0547 e. The van der Waals surface area contributed by atoms with Gasteiger partial charge in [-0.2, -0.15) is 0 Å². The van der Waals surface area contributed by atoms with E-state index in [1.54, 1.807) is 0 Å². The van der Waals surface area contributed by atoms with Gasteiger partial charge in [0.15, 0.2) is 0 Å². The van der Waals surface area contributed by atoms with Crippen molar-refractivity contribution in [3.8, 4) is 44.8 Å². The third kappa shape index (κ3) is 5.10. The van der Waals surface area contributed by atoms with Crippen LogP contribution in [0.25, 0.3) is 109 Å². The van der Waals surface area contributed by atoms with Gasteiger partial charge >= 0.3 is 0 Å². The number of hydrogen-bond donors (Lipinski definition) is 0. The molecule has 2 nitrogen and oxygen atoms in total. The average molecular weight is 743 g/mol. The van der Waals surface area contributed by atoms with E-state index in [4.69, 9.17) is 0 Å². The summed E-state index contributed by atoms with van der Waals surface area (Å²) in [6.45, 7) is 0. The van der Waals surface area contributed by atoms with Gasteiger partial charge < -0.3 is 9.13 Å². The molecule has 0 spiro atoms. The molecule has 0 unspecified atom stereocenters. The molecule has 12 rings (SSSR count). The van der Waals surface area contributed by atoms with Crippen LogP contribution in [-0.4, -0.2) is 9.13 Å². The maximum atomic E-state index is 2.44. The zero-order valence-corrected chi connectivity index (χ0v) is 31.7. The van der Waals surface area contributed by atoms with Crippen LogP contribution in [0.15, 0.2) is 206 Å². The summed E-state index contributed by atoms with van der Waals surface area (Å²) in [5.74, 6) is 0. The van der Waals surface area contributed by atoms with Crippen molar-refractivity contribution in [2.75, 3.05) is 0 Å². The molecule has 0 aliphatic rings. The summed E-state index contributed by atoms with van der Waals surface area (Å²) in [5, 5.41) is 7.65. The fraction of sp³-hybridized carbons (Fsp3) is 0. The van der Waals surface area contributed by atoms with E-state index in [0.717, 1.165) is 5.69 Å². The Hall–Kier alpha value is -7.20. The molecule has 266 valence electrons. The van der Waals surface area contributed by atoms with Crippen molar-refractivity contribution < 1.29 is 0 Å². The minimum atomic E-state index is 1.14. The van der Waals surface area contributed by atoms with E-state index in [9.17, 15) is 0 Å². The first-order chi connectivity index (χ1) is 28.2. The zero-order valence-electron chi connectivity index (χ0n) is 30.9. The summed E-state index contributed by atoms with van der Waals surface area (Å²) in [6, 6.07) is 75.7. The second-order valence-electron chi connectivity index (χ2n) is 14.9. The van der Waals surface area contributed by atoms with Gasteiger partial charge in [-0.15, -0.1) is 11.3 Å². The van der Waals surface area contributed by atoms with Gasteiger partial charge in [0.2, 0.25) is 0 Å². The van der Waals surface area contributed by atoms with Crippen molar-refractivity contribution >= 4 is 75.1 Å². The molecule has 0 radical (unpaired) electrons. The van der Waals surface area contributed by atoms with E-state index < -0.39 is 0 Å². The van der Waals surface area contributed by atoms with Crippen molar-refractivity contribution in [1.29, 1.82) is 0 Å². The van der Waals surface area contributed by atoms with Gasteiger partial charge in [-0.3, -0.25) is 0 Å². The highest BCUT2D eigenvalue weighted by Crippen LogP contribution is 2.40. The highest BCUT2D eigenvalue weighted by Gasteiger charge is 2.17. The largest absolute Gasteiger partial charge is 0.309 e. The molecular formula is C54H34N2S. The van der Waals surface area contributed by atoms with Crippen LogP contribution in [0.2, 0.25) is 0 Å². The second kappa shape index (κ2) is 12.7. The standard InChI is InChI=1S/C54H34N2S/c1-3-11-35(12-4-1)38-22-28-50-46(31-38)47-32-39(36-13-5-2-6-14-36)23-29-51(47)55(50)41-24-19-37(20-25-41)40-21-27-44-43-15-7-9-17-49(43)56(52(44)33-40)42-26-30-54-48(34-42)45-16-8-10-18-53(45)57-54/h1-34H. The Bertz CT molecular complexity index is 3400. The predicted octanol–water partition coefficient (Wildman–Crippen LogP) is 15.2. The van der Waals surface area contributed by atoms with Gasteiger partial charge in [0.1, 0.15) is 0 Å². The van der Waals surface area contributed by atoms with Crippen molar-refractivity contribution in [3.63, 3.8) is 0 Å². The van der Waals surface area contributed by atoms with E-state index in [2.05, 4.69) is 215 Å². The highest BCUT2D eigenvalue weighted by molar-refractivity contribution is 7.25. The van der Waals surface area contributed by atoms with Crippen LogP contribution in [0.5, 0.6) is 0 Å². The van der Waals surface area contributed by atoms with Gasteiger partial charge in [0.25, 0.3) is 0 Å². The van der Waals surface area contributed by atoms with Crippen LogP contribution in [-0.2, 0) is 0 Å². The lowest BCUT2D eigenvalue weighted by Crippen LogP contribution is -1.95. The molecule has 12 aromatic rings. The van der Waals surface area contributed by atoms with Crippen LogP contribution < -0.4 is 0 Å². The molecule has 9 aromatic carbocycles. The van der Waals surface area contributed by atoms with Crippen LogP contribution in [0.4, 0.5) is 0 Å². The summed E-state index contributed by atoms with van der Waals surface area (Å²) >= 11 is 1.86. The van der Waals surface area contributed by atoms with Crippen LogP contribution in [0.3, 0.4) is 0 Å². The number of nitrogens with zero attached hydrogens (tertiary/aromatic N) is 2. The minimum absolute atomic E-state index is 1.14. The Morgan fingerprint density at radius 1 is 0.246 bits per heavy atom. The van der Waals surface area contributed by atoms with Gasteiger partial charge in [0, 0.05) is 53.1 Å². The molecule has 3 aromatic heterocycles. The van der Waals surface area contributed by atoms with Crippen molar-refractivity contribution in [2.24, 2.45) is 0 Å². The zero-order chi connectivity index (χ0) is 37.5. The van der Waals surface area contributed by atoms with Crippen LogP contribution >= 0.6 is 11.3 Å². The van der Waals surface area contributed by atoms with Crippen molar-refractivity contribution in [2.45, 2.75) is 0 Å². The van der Waals surface area contributed by atoms with E-state index in [1.807, 2.05) is 11.3 Å². The normalized spacial score (nSPS) is 11.9. The first kappa shape index (κ1) is 32.1. The molecule has 0 aliphatic carbocycles. The summed E-state index contributed by atoms with van der Waals surface area (Å²) in [7, 11) is 0. The molecular weight excluding hydrogens is 709 g/mol. The average Bonchev–Trinajstić information content (AvgIpc) is 3.93. The van der Waals surface area contributed by atoms with Crippen LogP contribution in [0.1, 0.15) is 0 Å². The number of para-hydroxylation sites is 1. The monoisotopic (exact) mass is 742 g/mol. The van der Waals surface area contributed by atoms with Crippen molar-refractivity contribution in [1.82, 2.24) is 9.13 Å². The predicted molar refractivity (Wildman–Crippen MR) is 244 cm³/mol. The van der Waals surface area contributed by atoms with E-state index in [1.165, 1.54) is 103 Å². The number of hydrogen-bond acceptors (Lipinski definition) is 1. The topological polar surface area (TPSA) is 9.86 Å². The lowest BCUT2D eigenvalue weighted by atomic mass is 10.0. The van der Waals surface area contributed by atoms with Crippen molar-refractivity contribution in [3.05, 3.63) is 206 Å². The molecule has 0 amide bonds. The SMILES string of the molecule is c1ccc(-c2ccc3c(c2)c2cc(-c4ccccc4)ccc2n3-c2ccc(-c3ccc4c5ccccc5n(-c5ccc6sc7ccccc7c6c5)c4c3)cc2)cc1. The number of benzene rings is 9. The molecule has 0 fully saturated rings. The second-order valence-corrected chi connectivity index (χ2v) is 16.0. The Balaban J connectivity index is 0.995. The molecule has 0 N–H and O–H groups in total. The summed E-state index contributed by atoms with van der Waals surface area (Å²) in [4.78, 5) is 0. The molecule has 0 saturated heterocycles. The number of rotatable bonds is 5. The lowest BCUT2D eigenvalue weighted by molar-refractivity contribution is 1.18. The van der Waals surface area contributed by atoms with Gasteiger partial charge in [-0.05, 0) is 106 Å². The van der Waals surface area contributed by atoms with Gasteiger partial charge in [-0.1, -0.05) is 133 Å². The van der Waals surface area contributed by atoms with E-state index >= 15 is 0 Å². The van der Waals surface area contributed by atoms with Gasteiger partial charge in [0.05, 0.1) is 22.1 Å². The molecule has 0 bridgehead atoms. The molecule has 3 heterocycles. The first-order valence-electron chi connectivity index (χ1n) is 19.5.